The van der Waals surface area contributed by atoms with E-state index in [-0.39, 0.29) is 18.8 Å². The molecule has 0 aliphatic carbocycles. The molecule has 1 aliphatic rings. The second-order valence-electron chi connectivity index (χ2n) is 5.27. The summed E-state index contributed by atoms with van der Waals surface area (Å²) in [5.74, 6) is -1.91. The van der Waals surface area contributed by atoms with Gasteiger partial charge in [-0.05, 0) is 18.6 Å². The number of hydrogen-bond donors (Lipinski definition) is 1. The van der Waals surface area contributed by atoms with Crippen molar-refractivity contribution in [2.45, 2.75) is 18.7 Å². The maximum atomic E-state index is 13.8. The zero-order valence-electron chi connectivity index (χ0n) is 11.8. The molecular weight excluding hydrogens is 307 g/mol. The predicted octanol–water partition coefficient (Wildman–Crippen LogP) is 2.40. The monoisotopic (exact) mass is 324 g/mol. The summed E-state index contributed by atoms with van der Waals surface area (Å²) in [5, 5.41) is 9.10. The Bertz CT molecular complexity index is 508. The second-order valence-corrected chi connectivity index (χ2v) is 5.27. The highest BCUT2D eigenvalue weighted by Crippen LogP contribution is 2.24. The Morgan fingerprint density at radius 2 is 1.82 bits per heavy atom. The predicted molar refractivity (Wildman–Crippen MR) is 71.7 cm³/mol. The Morgan fingerprint density at radius 1 is 1.09 bits per heavy atom. The first kappa shape index (κ1) is 17.0. The fourth-order valence-corrected chi connectivity index (χ4v) is 2.48. The smallest absolute Gasteiger partial charge is 0.382 e. The van der Waals surface area contributed by atoms with Crippen LogP contribution >= 0.6 is 0 Å². The first-order valence-corrected chi connectivity index (χ1v) is 6.95. The molecule has 1 heterocycles. The molecule has 0 saturated carbocycles. The number of halogens is 5. The van der Waals surface area contributed by atoms with Gasteiger partial charge >= 0.3 is 6.18 Å². The van der Waals surface area contributed by atoms with Crippen LogP contribution in [0, 0.1) is 11.6 Å². The van der Waals surface area contributed by atoms with Gasteiger partial charge < -0.3 is 10.0 Å². The fraction of sp³-hybridized carbons (Fsp3) is 0.571. The van der Waals surface area contributed by atoms with Crippen molar-refractivity contribution in [2.24, 2.45) is 0 Å². The fourth-order valence-electron chi connectivity index (χ4n) is 2.48. The summed E-state index contributed by atoms with van der Waals surface area (Å²) in [5.41, 5.74) is 0.109. The molecule has 0 bridgehead atoms. The maximum Gasteiger partial charge on any atom is 0.415 e. The Balaban J connectivity index is 1.99. The highest BCUT2D eigenvalue weighted by molar-refractivity contribution is 5.48. The van der Waals surface area contributed by atoms with Gasteiger partial charge in [-0.1, -0.05) is 6.07 Å². The lowest BCUT2D eigenvalue weighted by Gasteiger charge is -2.26. The zero-order valence-corrected chi connectivity index (χ0v) is 11.8. The molecule has 1 aliphatic heterocycles. The number of alkyl halides is 3. The molecule has 1 atom stereocenters. The Labute approximate surface area is 124 Å². The van der Waals surface area contributed by atoms with Gasteiger partial charge in [-0.2, -0.15) is 13.2 Å². The molecule has 0 radical (unpaired) electrons. The van der Waals surface area contributed by atoms with Gasteiger partial charge in [0.2, 0.25) is 0 Å². The largest absolute Gasteiger partial charge is 0.415 e. The number of anilines is 1. The van der Waals surface area contributed by atoms with Crippen LogP contribution in [0.2, 0.25) is 0 Å². The van der Waals surface area contributed by atoms with E-state index in [4.69, 9.17) is 5.11 Å². The molecule has 8 heteroatoms. The van der Waals surface area contributed by atoms with Gasteiger partial charge in [0, 0.05) is 32.7 Å². The van der Waals surface area contributed by atoms with Gasteiger partial charge in [0.15, 0.2) is 17.7 Å². The third-order valence-electron chi connectivity index (χ3n) is 3.67. The van der Waals surface area contributed by atoms with Gasteiger partial charge in [0.05, 0.1) is 5.69 Å². The van der Waals surface area contributed by atoms with Gasteiger partial charge in [-0.15, -0.1) is 0 Å². The summed E-state index contributed by atoms with van der Waals surface area (Å²) in [7, 11) is 0. The SMILES string of the molecule is O[C@H](CN1CCCN(c2cccc(F)c2F)CC1)C(F)(F)F. The molecule has 1 saturated heterocycles. The zero-order chi connectivity index (χ0) is 16.3. The molecule has 2 rings (SSSR count). The topological polar surface area (TPSA) is 26.7 Å². The molecule has 0 unspecified atom stereocenters. The second kappa shape index (κ2) is 6.78. The number of aliphatic hydroxyl groups excluding tert-OH is 1. The van der Waals surface area contributed by atoms with Gasteiger partial charge in [0.1, 0.15) is 0 Å². The summed E-state index contributed by atoms with van der Waals surface area (Å²) in [6, 6.07) is 3.85. The highest BCUT2D eigenvalue weighted by Gasteiger charge is 2.39. The number of benzene rings is 1. The molecule has 0 amide bonds. The van der Waals surface area contributed by atoms with Crippen LogP contribution in [0.3, 0.4) is 0 Å². The van der Waals surface area contributed by atoms with Crippen molar-refractivity contribution >= 4 is 5.69 Å². The van der Waals surface area contributed by atoms with Crippen LogP contribution in [-0.2, 0) is 0 Å². The van der Waals surface area contributed by atoms with Crippen molar-refractivity contribution in [3.05, 3.63) is 29.8 Å². The lowest BCUT2D eigenvalue weighted by molar-refractivity contribution is -0.208. The van der Waals surface area contributed by atoms with Crippen molar-refractivity contribution in [1.29, 1.82) is 0 Å². The Kier molecular flexibility index (Phi) is 5.23. The minimum Gasteiger partial charge on any atom is -0.382 e. The summed E-state index contributed by atoms with van der Waals surface area (Å²) in [6.07, 6.45) is -6.55. The number of aliphatic hydroxyl groups is 1. The number of β-amino-alcohol motifs (C(OH)–C–C–N with tert-alkyl or cyclic N) is 1. The molecule has 0 aromatic heterocycles. The summed E-state index contributed by atoms with van der Waals surface area (Å²) in [4.78, 5) is 3.09. The van der Waals surface area contributed by atoms with E-state index in [0.717, 1.165) is 6.07 Å². The van der Waals surface area contributed by atoms with E-state index in [9.17, 15) is 22.0 Å². The Hall–Kier alpha value is -1.41. The molecule has 0 spiro atoms. The number of hydrogen-bond acceptors (Lipinski definition) is 3. The molecule has 1 fully saturated rings. The van der Waals surface area contributed by atoms with E-state index >= 15 is 0 Å². The molecule has 3 nitrogen and oxygen atoms in total. The van der Waals surface area contributed by atoms with Crippen molar-refractivity contribution < 1.29 is 27.1 Å². The van der Waals surface area contributed by atoms with Crippen LogP contribution in [0.25, 0.3) is 0 Å². The lowest BCUT2D eigenvalue weighted by Crippen LogP contribution is -2.42. The average molecular weight is 324 g/mol. The summed E-state index contributed by atoms with van der Waals surface area (Å²) in [6.45, 7) is 0.774. The van der Waals surface area contributed by atoms with Crippen molar-refractivity contribution in [1.82, 2.24) is 4.90 Å². The minimum absolute atomic E-state index is 0.109. The van der Waals surface area contributed by atoms with Crippen molar-refractivity contribution in [2.75, 3.05) is 37.6 Å². The van der Waals surface area contributed by atoms with E-state index in [1.54, 1.807) is 4.90 Å². The third kappa shape index (κ3) is 4.07. The molecule has 1 N–H and O–H groups in total. The third-order valence-corrected chi connectivity index (χ3v) is 3.67. The standard InChI is InChI=1S/C14H17F5N2O/c15-10-3-1-4-11(13(10)16)21-6-2-5-20(7-8-21)9-12(22)14(17,18)19/h1,3-4,12,22H,2,5-9H2/t12-/m1/s1. The number of nitrogens with zero attached hydrogens (tertiary/aromatic N) is 2. The van der Waals surface area contributed by atoms with Crippen LogP contribution in [0.15, 0.2) is 18.2 Å². The Morgan fingerprint density at radius 3 is 2.50 bits per heavy atom. The average Bonchev–Trinajstić information content (AvgIpc) is 2.66. The van der Waals surface area contributed by atoms with Crippen LogP contribution in [0.4, 0.5) is 27.6 Å². The minimum atomic E-state index is -4.65. The molecule has 1 aromatic carbocycles. The van der Waals surface area contributed by atoms with E-state index in [1.165, 1.54) is 17.0 Å². The van der Waals surface area contributed by atoms with E-state index in [2.05, 4.69) is 0 Å². The summed E-state index contributed by atoms with van der Waals surface area (Å²) < 4.78 is 64.1. The van der Waals surface area contributed by atoms with Gasteiger partial charge in [-0.3, -0.25) is 4.90 Å². The first-order chi connectivity index (χ1) is 10.3. The first-order valence-electron chi connectivity index (χ1n) is 6.95. The quantitative estimate of drug-likeness (QED) is 0.865. The van der Waals surface area contributed by atoms with E-state index in [1.807, 2.05) is 0 Å². The van der Waals surface area contributed by atoms with E-state index in [0.29, 0.717) is 19.5 Å². The molecule has 1 aromatic rings. The number of rotatable bonds is 3. The maximum absolute atomic E-state index is 13.8. The van der Waals surface area contributed by atoms with Crippen LogP contribution in [-0.4, -0.2) is 55.0 Å². The molecular formula is C14H17F5N2O. The summed E-state index contributed by atoms with van der Waals surface area (Å²) >= 11 is 0. The van der Waals surface area contributed by atoms with Crippen LogP contribution < -0.4 is 4.90 Å². The van der Waals surface area contributed by atoms with Gasteiger partial charge in [0.25, 0.3) is 0 Å². The van der Waals surface area contributed by atoms with Gasteiger partial charge in [-0.25, -0.2) is 8.78 Å². The van der Waals surface area contributed by atoms with Crippen LogP contribution in [0.1, 0.15) is 6.42 Å². The normalized spacial score (nSPS) is 19.1. The van der Waals surface area contributed by atoms with Crippen molar-refractivity contribution in [3.63, 3.8) is 0 Å². The molecule has 22 heavy (non-hydrogen) atoms. The molecule has 124 valence electrons. The van der Waals surface area contributed by atoms with E-state index < -0.39 is 30.5 Å². The van der Waals surface area contributed by atoms with Crippen molar-refractivity contribution in [3.8, 4) is 0 Å². The highest BCUT2D eigenvalue weighted by atomic mass is 19.4. The van der Waals surface area contributed by atoms with Crippen LogP contribution in [0.5, 0.6) is 0 Å². The lowest BCUT2D eigenvalue weighted by atomic mass is 10.2.